The van der Waals surface area contributed by atoms with E-state index in [0.29, 0.717) is 16.5 Å². The molecule has 4 heterocycles. The van der Waals surface area contributed by atoms with Gasteiger partial charge in [0.1, 0.15) is 11.5 Å². The van der Waals surface area contributed by atoms with Crippen molar-refractivity contribution < 1.29 is 13.9 Å². The number of furan rings is 2. The van der Waals surface area contributed by atoms with Crippen molar-refractivity contribution in [3.05, 3.63) is 108 Å². The Morgan fingerprint density at radius 3 is 2.26 bits per heavy atom. The fourth-order valence-electron chi connectivity index (χ4n) is 5.24. The Labute approximate surface area is 231 Å². The number of halogens is 1. The molecular formula is C33H27ClN2O3. The second-order valence-corrected chi connectivity index (χ2v) is 10.9. The second kappa shape index (κ2) is 9.84. The Bertz CT molecular complexity index is 1780. The first-order valence-electron chi connectivity index (χ1n) is 12.8. The molecule has 6 aromatic rings. The van der Waals surface area contributed by atoms with Gasteiger partial charge in [0, 0.05) is 33.3 Å². The third kappa shape index (κ3) is 4.54. The molecule has 0 aliphatic heterocycles. The highest BCUT2D eigenvalue weighted by atomic mass is 35.5. The summed E-state index contributed by atoms with van der Waals surface area (Å²) in [7, 11) is 0. The molecular weight excluding hydrogens is 508 g/mol. The lowest BCUT2D eigenvalue weighted by atomic mass is 9.79. The molecule has 6 heteroatoms. The Balaban J connectivity index is 1.65. The molecule has 0 fully saturated rings. The van der Waals surface area contributed by atoms with Crippen molar-refractivity contribution in [1.29, 1.82) is 0 Å². The van der Waals surface area contributed by atoms with Crippen molar-refractivity contribution in [1.82, 2.24) is 9.97 Å². The van der Waals surface area contributed by atoms with E-state index < -0.39 is 0 Å². The van der Waals surface area contributed by atoms with Crippen LogP contribution < -0.4 is 0 Å². The molecule has 0 saturated heterocycles. The van der Waals surface area contributed by atoms with Gasteiger partial charge < -0.3 is 13.9 Å². The number of fused-ring (bicyclic) bond motifs is 1. The zero-order valence-electron chi connectivity index (χ0n) is 21.9. The van der Waals surface area contributed by atoms with Crippen LogP contribution in [0.5, 0.6) is 0 Å². The summed E-state index contributed by atoms with van der Waals surface area (Å²) in [5, 5.41) is 12.1. The van der Waals surface area contributed by atoms with Crippen molar-refractivity contribution in [2.45, 2.75) is 32.8 Å². The molecule has 0 unspecified atom stereocenters. The van der Waals surface area contributed by atoms with Crippen LogP contribution in [0.3, 0.4) is 0 Å². The van der Waals surface area contributed by atoms with E-state index in [1.54, 1.807) is 18.7 Å². The maximum absolute atomic E-state index is 10.5. The monoisotopic (exact) mass is 534 g/mol. The van der Waals surface area contributed by atoms with Crippen LogP contribution >= 0.6 is 11.6 Å². The van der Waals surface area contributed by atoms with E-state index in [0.717, 1.165) is 55.7 Å². The molecule has 5 nitrogen and oxygen atoms in total. The molecule has 0 radical (unpaired) electrons. The van der Waals surface area contributed by atoms with Gasteiger partial charge >= 0.3 is 0 Å². The molecule has 0 amide bonds. The third-order valence-electron chi connectivity index (χ3n) is 6.88. The van der Waals surface area contributed by atoms with Crippen LogP contribution in [-0.2, 0) is 12.0 Å². The van der Waals surface area contributed by atoms with Crippen LogP contribution in [0.1, 0.15) is 31.9 Å². The molecule has 2 aromatic carbocycles. The van der Waals surface area contributed by atoms with Gasteiger partial charge in [-0.3, -0.25) is 4.98 Å². The Hall–Kier alpha value is -4.19. The Kier molecular flexibility index (Phi) is 6.34. The average Bonchev–Trinajstić information content (AvgIpc) is 3.66. The van der Waals surface area contributed by atoms with Gasteiger partial charge in [0.15, 0.2) is 5.76 Å². The average molecular weight is 535 g/mol. The standard InChI is InChI=1S/C33H27ClN2O3/c1-33(2,3)30-29(27-9-5-15-38-27)24-18-20(11-12-26(24)36-32(30)28-10-6-16-39-28)23-13-14-35-31(25(23)19-37)21-7-4-8-22(34)17-21/h4-18,37H,19H2,1-3H3. The van der Waals surface area contributed by atoms with E-state index in [2.05, 4.69) is 31.8 Å². The largest absolute Gasteiger partial charge is 0.464 e. The molecule has 4 aromatic heterocycles. The first-order valence-corrected chi connectivity index (χ1v) is 13.1. The molecule has 39 heavy (non-hydrogen) atoms. The quantitative estimate of drug-likeness (QED) is 0.239. The molecule has 0 saturated carbocycles. The smallest absolute Gasteiger partial charge is 0.152 e. The van der Waals surface area contributed by atoms with Crippen LogP contribution in [0.4, 0.5) is 0 Å². The van der Waals surface area contributed by atoms with Crippen LogP contribution in [-0.4, -0.2) is 15.1 Å². The van der Waals surface area contributed by atoms with Gasteiger partial charge in [-0.25, -0.2) is 4.98 Å². The minimum atomic E-state index is -0.270. The third-order valence-corrected chi connectivity index (χ3v) is 7.12. The normalized spacial score (nSPS) is 11.8. The zero-order chi connectivity index (χ0) is 27.1. The van der Waals surface area contributed by atoms with E-state index in [-0.39, 0.29) is 12.0 Å². The van der Waals surface area contributed by atoms with E-state index in [1.165, 1.54) is 0 Å². The van der Waals surface area contributed by atoms with Crippen molar-refractivity contribution in [3.63, 3.8) is 0 Å². The van der Waals surface area contributed by atoms with E-state index in [9.17, 15) is 5.11 Å². The van der Waals surface area contributed by atoms with Crippen molar-refractivity contribution in [2.75, 3.05) is 0 Å². The predicted octanol–water partition coefficient (Wildman–Crippen LogP) is 8.93. The van der Waals surface area contributed by atoms with E-state index >= 15 is 0 Å². The van der Waals surface area contributed by atoms with Gasteiger partial charge in [-0.2, -0.15) is 0 Å². The molecule has 0 aliphatic rings. The van der Waals surface area contributed by atoms with Gasteiger partial charge in [-0.1, -0.05) is 50.6 Å². The van der Waals surface area contributed by atoms with Gasteiger partial charge in [0.25, 0.3) is 0 Å². The number of nitrogens with zero attached hydrogens (tertiary/aromatic N) is 2. The number of benzene rings is 2. The maximum Gasteiger partial charge on any atom is 0.152 e. The molecule has 1 N–H and O–H groups in total. The van der Waals surface area contributed by atoms with Gasteiger partial charge in [0.05, 0.1) is 30.3 Å². The lowest BCUT2D eigenvalue weighted by Gasteiger charge is -2.26. The summed E-state index contributed by atoms with van der Waals surface area (Å²) >= 11 is 6.27. The number of hydrogen-bond donors (Lipinski definition) is 1. The highest BCUT2D eigenvalue weighted by Gasteiger charge is 2.29. The fraction of sp³-hybridized carbons (Fsp3) is 0.152. The Morgan fingerprint density at radius 2 is 1.59 bits per heavy atom. The Morgan fingerprint density at radius 1 is 0.821 bits per heavy atom. The summed E-state index contributed by atoms with van der Waals surface area (Å²) in [5.41, 5.74) is 7.47. The first kappa shape index (κ1) is 25.1. The van der Waals surface area contributed by atoms with Crippen LogP contribution in [0, 0.1) is 0 Å². The second-order valence-electron chi connectivity index (χ2n) is 10.5. The van der Waals surface area contributed by atoms with Crippen LogP contribution in [0.2, 0.25) is 5.02 Å². The fourth-order valence-corrected chi connectivity index (χ4v) is 5.43. The molecule has 194 valence electrons. The van der Waals surface area contributed by atoms with Crippen molar-refractivity contribution in [2.24, 2.45) is 0 Å². The number of hydrogen-bond acceptors (Lipinski definition) is 5. The summed E-state index contributed by atoms with van der Waals surface area (Å²) in [6.45, 7) is 6.34. The number of aliphatic hydroxyl groups excluding tert-OH is 1. The van der Waals surface area contributed by atoms with Gasteiger partial charge in [-0.15, -0.1) is 0 Å². The summed E-state index contributed by atoms with van der Waals surface area (Å²) in [6, 6.07) is 23.3. The minimum absolute atomic E-state index is 0.170. The van der Waals surface area contributed by atoms with Crippen LogP contribution in [0.15, 0.2) is 100 Å². The predicted molar refractivity (Wildman–Crippen MR) is 155 cm³/mol. The molecule has 0 atom stereocenters. The highest BCUT2D eigenvalue weighted by Crippen LogP contribution is 2.44. The lowest BCUT2D eigenvalue weighted by molar-refractivity contribution is 0.282. The molecule has 0 spiro atoms. The van der Waals surface area contributed by atoms with Crippen molar-refractivity contribution >= 4 is 22.5 Å². The number of pyridine rings is 2. The molecule has 0 bridgehead atoms. The summed E-state index contributed by atoms with van der Waals surface area (Å²) in [5.74, 6) is 1.47. The molecule has 6 rings (SSSR count). The maximum atomic E-state index is 10.5. The number of aromatic nitrogens is 2. The summed E-state index contributed by atoms with van der Waals surface area (Å²) in [6.07, 6.45) is 5.12. The summed E-state index contributed by atoms with van der Waals surface area (Å²) in [4.78, 5) is 9.69. The minimum Gasteiger partial charge on any atom is -0.464 e. The topological polar surface area (TPSA) is 72.3 Å². The zero-order valence-corrected chi connectivity index (χ0v) is 22.7. The summed E-state index contributed by atoms with van der Waals surface area (Å²) < 4.78 is 11.8. The number of rotatable bonds is 5. The van der Waals surface area contributed by atoms with Gasteiger partial charge in [0.2, 0.25) is 0 Å². The van der Waals surface area contributed by atoms with Gasteiger partial charge in [-0.05, 0) is 76.7 Å². The van der Waals surface area contributed by atoms with Crippen molar-refractivity contribution in [3.8, 4) is 45.2 Å². The number of aliphatic hydroxyl groups is 1. The van der Waals surface area contributed by atoms with E-state index in [1.807, 2.05) is 66.7 Å². The lowest BCUT2D eigenvalue weighted by Crippen LogP contribution is -2.16. The highest BCUT2D eigenvalue weighted by molar-refractivity contribution is 6.30. The van der Waals surface area contributed by atoms with Crippen LogP contribution in [0.25, 0.3) is 56.1 Å². The first-order chi connectivity index (χ1) is 18.8. The SMILES string of the molecule is CC(C)(C)c1c(-c2ccco2)nc2ccc(-c3ccnc(-c4cccc(Cl)c4)c3CO)cc2c1-c1ccco1. The van der Waals surface area contributed by atoms with E-state index in [4.69, 9.17) is 25.4 Å². The molecule has 0 aliphatic carbocycles.